The van der Waals surface area contributed by atoms with E-state index in [1.165, 1.54) is 6.07 Å². The summed E-state index contributed by atoms with van der Waals surface area (Å²) in [5.74, 6) is -0.929. The van der Waals surface area contributed by atoms with Crippen molar-refractivity contribution in [1.82, 2.24) is 5.32 Å². The van der Waals surface area contributed by atoms with E-state index in [0.29, 0.717) is 34.1 Å². The van der Waals surface area contributed by atoms with Crippen molar-refractivity contribution in [2.24, 2.45) is 0 Å². The summed E-state index contributed by atoms with van der Waals surface area (Å²) in [7, 11) is 0. The molecule has 1 atom stereocenters. The first-order valence-corrected chi connectivity index (χ1v) is 9.23. The molecular formula is C22H23NO5. The maximum absolute atomic E-state index is 12.0. The number of fused-ring (bicyclic) bond motifs is 1. The van der Waals surface area contributed by atoms with Crippen molar-refractivity contribution in [3.63, 3.8) is 0 Å². The highest BCUT2D eigenvalue weighted by Crippen LogP contribution is 2.37. The van der Waals surface area contributed by atoms with Crippen molar-refractivity contribution in [3.05, 3.63) is 64.0 Å². The fourth-order valence-corrected chi connectivity index (χ4v) is 3.37. The number of carboxylic acids is 1. The Labute approximate surface area is 162 Å². The van der Waals surface area contributed by atoms with Crippen LogP contribution in [0, 0.1) is 6.92 Å². The number of benzene rings is 2. The lowest BCUT2D eigenvalue weighted by Crippen LogP contribution is -2.36. The minimum absolute atomic E-state index is 0.00857. The average molecular weight is 381 g/mol. The van der Waals surface area contributed by atoms with Crippen LogP contribution < -0.4 is 10.9 Å². The topological polar surface area (TPSA) is 99.8 Å². The van der Waals surface area contributed by atoms with Crippen molar-refractivity contribution >= 4 is 16.9 Å². The van der Waals surface area contributed by atoms with Gasteiger partial charge in [-0.1, -0.05) is 43.7 Å². The van der Waals surface area contributed by atoms with E-state index < -0.39 is 17.6 Å². The summed E-state index contributed by atoms with van der Waals surface area (Å²) in [6.45, 7) is 3.91. The Morgan fingerprint density at radius 3 is 2.57 bits per heavy atom. The molecule has 0 bridgehead atoms. The average Bonchev–Trinajstić information content (AvgIpc) is 2.66. The van der Waals surface area contributed by atoms with Crippen LogP contribution >= 0.6 is 0 Å². The van der Waals surface area contributed by atoms with Gasteiger partial charge in [0.15, 0.2) is 0 Å². The second-order valence-electron chi connectivity index (χ2n) is 6.80. The van der Waals surface area contributed by atoms with E-state index in [-0.39, 0.29) is 12.3 Å². The fourth-order valence-electron chi connectivity index (χ4n) is 3.37. The van der Waals surface area contributed by atoms with Gasteiger partial charge in [-0.05, 0) is 30.5 Å². The van der Waals surface area contributed by atoms with Crippen LogP contribution in [0.1, 0.15) is 30.9 Å². The third-order valence-electron chi connectivity index (χ3n) is 4.82. The Kier molecular flexibility index (Phi) is 5.80. The fraction of sp³-hybridized carbons (Fsp3) is 0.273. The number of carbonyl (C=O) groups is 1. The second kappa shape index (κ2) is 8.27. The van der Waals surface area contributed by atoms with Crippen LogP contribution in [0.5, 0.6) is 5.75 Å². The molecule has 6 nitrogen and oxygen atoms in total. The van der Waals surface area contributed by atoms with E-state index in [0.717, 1.165) is 12.0 Å². The van der Waals surface area contributed by atoms with Crippen molar-refractivity contribution < 1.29 is 19.4 Å². The van der Waals surface area contributed by atoms with Crippen LogP contribution in [-0.4, -0.2) is 22.2 Å². The Morgan fingerprint density at radius 1 is 1.21 bits per heavy atom. The summed E-state index contributed by atoms with van der Waals surface area (Å²) in [6.07, 6.45) is 1.23. The van der Waals surface area contributed by atoms with Gasteiger partial charge in [-0.25, -0.2) is 4.79 Å². The number of aryl methyl sites for hydroxylation is 1. The molecule has 28 heavy (non-hydrogen) atoms. The smallest absolute Gasteiger partial charge is 0.336 e. The van der Waals surface area contributed by atoms with E-state index in [1.54, 1.807) is 13.0 Å². The first kappa shape index (κ1) is 19.6. The molecule has 3 aromatic rings. The summed E-state index contributed by atoms with van der Waals surface area (Å²) in [5.41, 5.74) is 2.47. The van der Waals surface area contributed by atoms with Gasteiger partial charge in [-0.3, -0.25) is 4.79 Å². The van der Waals surface area contributed by atoms with E-state index in [4.69, 9.17) is 4.42 Å². The number of phenolic OH excluding ortho intramolecular Hbond substituents is 1. The molecule has 1 heterocycles. The second-order valence-corrected chi connectivity index (χ2v) is 6.80. The highest BCUT2D eigenvalue weighted by atomic mass is 16.4. The zero-order valence-electron chi connectivity index (χ0n) is 15.9. The van der Waals surface area contributed by atoms with Gasteiger partial charge in [0, 0.05) is 23.7 Å². The molecule has 0 aliphatic heterocycles. The molecule has 0 spiro atoms. The zero-order valence-corrected chi connectivity index (χ0v) is 15.9. The van der Waals surface area contributed by atoms with Gasteiger partial charge in [-0.15, -0.1) is 0 Å². The Hall–Kier alpha value is -3.12. The highest BCUT2D eigenvalue weighted by molar-refractivity contribution is 5.98. The number of nitrogens with one attached hydrogen (secondary N) is 1. The molecule has 1 aromatic heterocycles. The molecule has 0 aliphatic carbocycles. The molecule has 0 fully saturated rings. The van der Waals surface area contributed by atoms with Gasteiger partial charge in [0.25, 0.3) is 0 Å². The largest absolute Gasteiger partial charge is 0.507 e. The molecule has 0 saturated carbocycles. The Bertz CT molecular complexity index is 1060. The number of carboxylic acid groups (broad SMARTS) is 1. The lowest BCUT2D eigenvalue weighted by Gasteiger charge is -2.17. The van der Waals surface area contributed by atoms with Gasteiger partial charge in [-0.2, -0.15) is 0 Å². The lowest BCUT2D eigenvalue weighted by molar-refractivity contribution is -0.139. The Morgan fingerprint density at radius 2 is 1.93 bits per heavy atom. The summed E-state index contributed by atoms with van der Waals surface area (Å²) in [6, 6.07) is 11.7. The number of aromatic hydroxyl groups is 1. The predicted octanol–water partition coefficient (Wildman–Crippen LogP) is 3.82. The molecule has 0 radical (unpaired) electrons. The van der Waals surface area contributed by atoms with Crippen LogP contribution in [0.25, 0.3) is 22.1 Å². The van der Waals surface area contributed by atoms with E-state index in [1.807, 2.05) is 37.3 Å². The Balaban J connectivity index is 2.12. The first-order chi connectivity index (χ1) is 13.4. The van der Waals surface area contributed by atoms with E-state index >= 15 is 0 Å². The van der Waals surface area contributed by atoms with Crippen LogP contribution in [0.15, 0.2) is 51.7 Å². The maximum Gasteiger partial charge on any atom is 0.336 e. The molecule has 3 rings (SSSR count). The van der Waals surface area contributed by atoms with E-state index in [2.05, 4.69) is 5.32 Å². The quantitative estimate of drug-likeness (QED) is 0.538. The monoisotopic (exact) mass is 381 g/mol. The molecular weight excluding hydrogens is 358 g/mol. The minimum Gasteiger partial charge on any atom is -0.507 e. The molecule has 6 heteroatoms. The number of aliphatic carboxylic acids is 1. The molecule has 0 aliphatic rings. The van der Waals surface area contributed by atoms with Gasteiger partial charge in [0.1, 0.15) is 17.4 Å². The van der Waals surface area contributed by atoms with Gasteiger partial charge >= 0.3 is 11.6 Å². The third kappa shape index (κ3) is 3.92. The molecule has 2 aromatic carbocycles. The zero-order chi connectivity index (χ0) is 20.3. The van der Waals surface area contributed by atoms with Gasteiger partial charge < -0.3 is 19.9 Å². The molecule has 0 amide bonds. The lowest BCUT2D eigenvalue weighted by atomic mass is 9.96. The predicted molar refractivity (Wildman–Crippen MR) is 107 cm³/mol. The van der Waals surface area contributed by atoms with Crippen LogP contribution in [0.2, 0.25) is 0 Å². The van der Waals surface area contributed by atoms with Crippen LogP contribution in [-0.2, 0) is 11.3 Å². The highest BCUT2D eigenvalue weighted by Gasteiger charge is 2.20. The summed E-state index contributed by atoms with van der Waals surface area (Å²) >= 11 is 0. The van der Waals surface area contributed by atoms with Gasteiger partial charge in [0.2, 0.25) is 0 Å². The summed E-state index contributed by atoms with van der Waals surface area (Å²) < 4.78 is 5.31. The molecule has 0 unspecified atom stereocenters. The number of hydrogen-bond donors (Lipinski definition) is 3. The van der Waals surface area contributed by atoms with Crippen molar-refractivity contribution in [3.8, 4) is 16.9 Å². The number of hydrogen-bond acceptors (Lipinski definition) is 5. The number of phenols is 1. The van der Waals surface area contributed by atoms with Crippen molar-refractivity contribution in [2.75, 3.05) is 0 Å². The third-order valence-corrected chi connectivity index (χ3v) is 4.82. The van der Waals surface area contributed by atoms with Crippen molar-refractivity contribution in [2.45, 2.75) is 39.3 Å². The summed E-state index contributed by atoms with van der Waals surface area (Å²) in [4.78, 5) is 23.4. The SMILES string of the molecule is CCC[C@@H](NCc1c(C)cc2oc(=O)cc(-c3ccccc3)c2c1O)C(=O)O. The maximum atomic E-state index is 12.0. The molecule has 146 valence electrons. The normalized spacial score (nSPS) is 12.2. The van der Waals surface area contributed by atoms with E-state index in [9.17, 15) is 19.8 Å². The van der Waals surface area contributed by atoms with Crippen LogP contribution in [0.3, 0.4) is 0 Å². The van der Waals surface area contributed by atoms with Gasteiger partial charge in [0.05, 0.1) is 5.39 Å². The molecule has 3 N–H and O–H groups in total. The van der Waals surface area contributed by atoms with Crippen LogP contribution in [0.4, 0.5) is 0 Å². The van der Waals surface area contributed by atoms with Crippen molar-refractivity contribution in [1.29, 1.82) is 0 Å². The minimum atomic E-state index is -0.921. The number of rotatable bonds is 7. The standard InChI is InChI=1S/C22H23NO5/c1-3-7-17(22(26)27)23-12-16-13(2)10-18-20(21(16)25)15(11-19(24)28-18)14-8-5-4-6-9-14/h4-6,8-11,17,23,25H,3,7,12H2,1-2H3,(H,26,27)/t17-/m1/s1. The molecule has 0 saturated heterocycles. The first-order valence-electron chi connectivity index (χ1n) is 9.23. The summed E-state index contributed by atoms with van der Waals surface area (Å²) in [5, 5.41) is 23.8.